The first-order valence-corrected chi connectivity index (χ1v) is 4.51. The van der Waals surface area contributed by atoms with Crippen LogP contribution in [0.2, 0.25) is 0 Å². The van der Waals surface area contributed by atoms with Crippen molar-refractivity contribution in [3.63, 3.8) is 0 Å². The van der Waals surface area contributed by atoms with Crippen LogP contribution in [0.25, 0.3) is 5.53 Å². The lowest BCUT2D eigenvalue weighted by molar-refractivity contribution is -0.142. The van der Waals surface area contributed by atoms with Crippen LogP contribution < -0.4 is 0 Å². The predicted molar refractivity (Wildman–Crippen MR) is 49.7 cm³/mol. The molecule has 0 aromatic heterocycles. The molecule has 1 unspecified atom stereocenters. The Morgan fingerprint density at radius 1 is 1.43 bits per heavy atom. The van der Waals surface area contributed by atoms with Crippen molar-refractivity contribution < 1.29 is 19.1 Å². The van der Waals surface area contributed by atoms with E-state index in [0.717, 1.165) is 0 Å². The third-order valence-electron chi connectivity index (χ3n) is 1.86. The van der Waals surface area contributed by atoms with E-state index in [2.05, 4.69) is 9.53 Å². The highest BCUT2D eigenvalue weighted by Gasteiger charge is 2.33. The number of nitrogens with zero attached hydrogens (tertiary/aromatic N) is 2. The van der Waals surface area contributed by atoms with Crippen molar-refractivity contribution >= 4 is 17.5 Å². The van der Waals surface area contributed by atoms with Crippen molar-refractivity contribution in [3.8, 4) is 0 Å². The van der Waals surface area contributed by atoms with E-state index in [9.17, 15) is 9.59 Å². The molecule has 0 radical (unpaired) electrons. The van der Waals surface area contributed by atoms with Gasteiger partial charge in [0.15, 0.2) is 0 Å². The second-order valence-corrected chi connectivity index (χ2v) is 2.84. The highest BCUT2D eigenvalue weighted by atomic mass is 16.5. The van der Waals surface area contributed by atoms with Crippen LogP contribution >= 0.6 is 0 Å². The molecule has 0 heterocycles. The van der Waals surface area contributed by atoms with Crippen molar-refractivity contribution in [1.82, 2.24) is 0 Å². The summed E-state index contributed by atoms with van der Waals surface area (Å²) in [7, 11) is 0. The maximum Gasteiger partial charge on any atom is 0.441 e. The van der Waals surface area contributed by atoms with Crippen molar-refractivity contribution in [2.24, 2.45) is 5.92 Å². The molecule has 0 aromatic carbocycles. The number of carbonyl (C=O) groups excluding carboxylic acids is 2. The first-order chi connectivity index (χ1) is 6.58. The van der Waals surface area contributed by atoms with Gasteiger partial charge in [0, 0.05) is 5.92 Å². The predicted octanol–water partition coefficient (Wildman–Crippen LogP) is 0.835. The average molecular weight is 198 g/mol. The SMILES string of the molecule is CCOC(=O)C(=[N+]=[N-])C(=O)C(C)CC. The molecule has 0 aromatic rings. The van der Waals surface area contributed by atoms with Crippen LogP contribution in [0.4, 0.5) is 0 Å². The average Bonchev–Trinajstić information content (AvgIpc) is 2.18. The minimum Gasteiger partial charge on any atom is -0.457 e. The highest BCUT2D eigenvalue weighted by molar-refractivity contribution is 6.62. The molecule has 0 fully saturated rings. The van der Waals surface area contributed by atoms with E-state index >= 15 is 0 Å². The van der Waals surface area contributed by atoms with E-state index < -0.39 is 17.5 Å². The Hall–Kier alpha value is -1.48. The van der Waals surface area contributed by atoms with Crippen LogP contribution in [0.3, 0.4) is 0 Å². The number of esters is 1. The molecule has 5 nitrogen and oxygen atoms in total. The van der Waals surface area contributed by atoms with Crippen LogP contribution in [0, 0.1) is 5.92 Å². The van der Waals surface area contributed by atoms with Gasteiger partial charge in [-0.05, 0) is 13.3 Å². The molecular formula is C9H14N2O3. The number of ether oxygens (including phenoxy) is 1. The largest absolute Gasteiger partial charge is 0.457 e. The van der Waals surface area contributed by atoms with Gasteiger partial charge in [0.1, 0.15) is 0 Å². The summed E-state index contributed by atoms with van der Waals surface area (Å²) in [5.74, 6) is -1.71. The Morgan fingerprint density at radius 2 is 2.00 bits per heavy atom. The van der Waals surface area contributed by atoms with Crippen molar-refractivity contribution in [2.75, 3.05) is 6.61 Å². The molecule has 5 heteroatoms. The van der Waals surface area contributed by atoms with Gasteiger partial charge in [-0.25, -0.2) is 4.79 Å². The summed E-state index contributed by atoms with van der Waals surface area (Å²) in [4.78, 5) is 25.2. The molecule has 0 aliphatic rings. The van der Waals surface area contributed by atoms with Gasteiger partial charge in [-0.3, -0.25) is 4.79 Å². The molecule has 78 valence electrons. The zero-order valence-electron chi connectivity index (χ0n) is 8.61. The van der Waals surface area contributed by atoms with Crippen molar-refractivity contribution in [3.05, 3.63) is 5.53 Å². The molecule has 0 saturated heterocycles. The lowest BCUT2D eigenvalue weighted by Gasteiger charge is -2.02. The topological polar surface area (TPSA) is 79.8 Å². The summed E-state index contributed by atoms with van der Waals surface area (Å²) < 4.78 is 4.56. The Balaban J connectivity index is 4.67. The number of carbonyl (C=O) groups is 2. The van der Waals surface area contributed by atoms with Crippen molar-refractivity contribution in [2.45, 2.75) is 27.2 Å². The second-order valence-electron chi connectivity index (χ2n) is 2.84. The van der Waals surface area contributed by atoms with Gasteiger partial charge in [0.2, 0.25) is 0 Å². The molecule has 0 rings (SSSR count). The first kappa shape index (κ1) is 12.5. The van der Waals surface area contributed by atoms with E-state index in [1.807, 2.05) is 6.92 Å². The summed E-state index contributed by atoms with van der Waals surface area (Å²) in [6, 6.07) is 0. The van der Waals surface area contributed by atoms with E-state index in [-0.39, 0.29) is 12.5 Å². The number of rotatable bonds is 5. The molecule has 0 aliphatic carbocycles. The lowest BCUT2D eigenvalue weighted by Crippen LogP contribution is -2.31. The van der Waals surface area contributed by atoms with E-state index in [4.69, 9.17) is 5.53 Å². The quantitative estimate of drug-likeness (QED) is 0.216. The number of ketones is 1. The normalized spacial score (nSPS) is 11.4. The fourth-order valence-electron chi connectivity index (χ4n) is 0.809. The fraction of sp³-hybridized carbons (Fsp3) is 0.667. The van der Waals surface area contributed by atoms with E-state index in [0.29, 0.717) is 6.42 Å². The summed E-state index contributed by atoms with van der Waals surface area (Å²) >= 11 is 0. The van der Waals surface area contributed by atoms with E-state index in [1.165, 1.54) is 0 Å². The molecular weight excluding hydrogens is 184 g/mol. The van der Waals surface area contributed by atoms with Crippen LogP contribution in [-0.4, -0.2) is 28.9 Å². The van der Waals surface area contributed by atoms with E-state index in [1.54, 1.807) is 13.8 Å². The third-order valence-corrected chi connectivity index (χ3v) is 1.86. The van der Waals surface area contributed by atoms with Gasteiger partial charge in [-0.15, -0.1) is 0 Å². The summed E-state index contributed by atoms with van der Waals surface area (Å²) in [5.41, 5.74) is 7.98. The van der Waals surface area contributed by atoms with Crippen LogP contribution in [0.15, 0.2) is 0 Å². The fourth-order valence-corrected chi connectivity index (χ4v) is 0.809. The highest BCUT2D eigenvalue weighted by Crippen LogP contribution is 2.03. The van der Waals surface area contributed by atoms with Crippen molar-refractivity contribution in [1.29, 1.82) is 0 Å². The monoisotopic (exact) mass is 198 g/mol. The summed E-state index contributed by atoms with van der Waals surface area (Å²) in [6.07, 6.45) is 0.581. The van der Waals surface area contributed by atoms with Gasteiger partial charge in [-0.1, -0.05) is 13.8 Å². The number of hydrogen-bond acceptors (Lipinski definition) is 3. The van der Waals surface area contributed by atoms with Crippen LogP contribution in [-0.2, 0) is 14.3 Å². The Labute approximate surface area is 82.7 Å². The van der Waals surface area contributed by atoms with Gasteiger partial charge < -0.3 is 10.3 Å². The third kappa shape index (κ3) is 3.11. The zero-order valence-corrected chi connectivity index (χ0v) is 8.61. The Kier molecular flexibility index (Phi) is 5.41. The molecule has 0 N–H and O–H groups in total. The lowest BCUT2D eigenvalue weighted by atomic mass is 10.00. The minimum absolute atomic E-state index is 0.144. The smallest absolute Gasteiger partial charge is 0.441 e. The van der Waals surface area contributed by atoms with Crippen LogP contribution in [0.1, 0.15) is 27.2 Å². The molecule has 0 saturated carbocycles. The zero-order chi connectivity index (χ0) is 11.1. The minimum atomic E-state index is -0.875. The number of hydrogen-bond donors (Lipinski definition) is 0. The molecule has 0 aliphatic heterocycles. The van der Waals surface area contributed by atoms with Gasteiger partial charge in [-0.2, -0.15) is 4.79 Å². The summed E-state index contributed by atoms with van der Waals surface area (Å²) in [6.45, 7) is 5.22. The van der Waals surface area contributed by atoms with Gasteiger partial charge in [0.05, 0.1) is 6.61 Å². The second kappa shape index (κ2) is 6.05. The number of Topliss-reactive ketones (excluding diaryl/α,β-unsaturated/α-hetero) is 1. The first-order valence-electron chi connectivity index (χ1n) is 4.51. The van der Waals surface area contributed by atoms with Gasteiger partial charge >= 0.3 is 11.7 Å². The standard InChI is InChI=1S/C9H14N2O3/c1-4-6(3)8(12)7(11-10)9(13)14-5-2/h6H,4-5H2,1-3H3. The Morgan fingerprint density at radius 3 is 2.36 bits per heavy atom. The van der Waals surface area contributed by atoms with Crippen LogP contribution in [0.5, 0.6) is 0 Å². The maximum absolute atomic E-state index is 11.4. The summed E-state index contributed by atoms with van der Waals surface area (Å²) in [5, 5.41) is 0. The Bertz CT molecular complexity index is 280. The molecule has 0 amide bonds. The molecule has 1 atom stereocenters. The molecule has 0 spiro atoms. The molecule has 14 heavy (non-hydrogen) atoms. The molecule has 0 bridgehead atoms. The van der Waals surface area contributed by atoms with Gasteiger partial charge in [0.25, 0.3) is 5.78 Å². The maximum atomic E-state index is 11.4.